The molecular formula is C29H47N3O5. The molecule has 1 aromatic carbocycles. The summed E-state index contributed by atoms with van der Waals surface area (Å²) in [5.74, 6) is -1.07. The number of aromatic hydroxyl groups is 1. The molecule has 0 radical (unpaired) electrons. The zero-order valence-corrected chi connectivity index (χ0v) is 23.9. The van der Waals surface area contributed by atoms with Crippen molar-refractivity contribution in [2.75, 3.05) is 0 Å². The largest absolute Gasteiger partial charge is 0.508 e. The van der Waals surface area contributed by atoms with Crippen LogP contribution in [0.2, 0.25) is 0 Å². The highest BCUT2D eigenvalue weighted by Gasteiger charge is 2.45. The normalized spacial score (nSPS) is 16.6. The van der Waals surface area contributed by atoms with Gasteiger partial charge in [0.15, 0.2) is 0 Å². The molecule has 0 aromatic heterocycles. The van der Waals surface area contributed by atoms with Crippen LogP contribution in [0.4, 0.5) is 4.79 Å². The molecule has 1 fully saturated rings. The van der Waals surface area contributed by atoms with Crippen LogP contribution in [0, 0.1) is 5.92 Å². The summed E-state index contributed by atoms with van der Waals surface area (Å²) < 4.78 is 5.43. The van der Waals surface area contributed by atoms with Crippen molar-refractivity contribution in [3.05, 3.63) is 29.8 Å². The topological polar surface area (TPSA) is 108 Å². The molecule has 0 bridgehead atoms. The highest BCUT2D eigenvalue weighted by molar-refractivity contribution is 5.93. The Morgan fingerprint density at radius 1 is 1.05 bits per heavy atom. The van der Waals surface area contributed by atoms with Crippen LogP contribution in [0.3, 0.4) is 0 Å². The standard InChI is InChI=1S/C29H47N3O5/c1-9-29(7,8)32(26(35)23(19(2)3)31-27(36)37-28(4,5)6)24(21-17-13-14-18-22(21)33)25(34)30-20-15-11-10-12-16-20/h13-14,17-20,23-24,33H,9-12,15-16H2,1-8H3,(H,30,34)(H,31,36). The number of carbonyl (C=O) groups excluding carboxylic acids is 3. The van der Waals surface area contributed by atoms with Gasteiger partial charge in [-0.1, -0.05) is 58.2 Å². The molecule has 1 saturated carbocycles. The predicted octanol–water partition coefficient (Wildman–Crippen LogP) is 5.45. The van der Waals surface area contributed by atoms with Gasteiger partial charge < -0.3 is 25.4 Å². The summed E-state index contributed by atoms with van der Waals surface area (Å²) in [6, 6.07) is 4.65. The second-order valence-corrected chi connectivity index (χ2v) is 12.0. The first-order valence-electron chi connectivity index (χ1n) is 13.6. The fourth-order valence-corrected chi connectivity index (χ4v) is 4.69. The Kier molecular flexibility index (Phi) is 10.4. The van der Waals surface area contributed by atoms with Crippen LogP contribution >= 0.6 is 0 Å². The van der Waals surface area contributed by atoms with Gasteiger partial charge in [0.25, 0.3) is 0 Å². The molecule has 3 N–H and O–H groups in total. The predicted molar refractivity (Wildman–Crippen MR) is 145 cm³/mol. The lowest BCUT2D eigenvalue weighted by Gasteiger charge is -2.45. The molecule has 2 rings (SSSR count). The number of rotatable bonds is 9. The third kappa shape index (κ3) is 8.37. The molecule has 0 saturated heterocycles. The lowest BCUT2D eigenvalue weighted by atomic mass is 9.89. The molecular weight excluding hydrogens is 470 g/mol. The Balaban J connectivity index is 2.56. The summed E-state index contributed by atoms with van der Waals surface area (Å²) in [5.41, 5.74) is -1.14. The maximum Gasteiger partial charge on any atom is 0.408 e. The van der Waals surface area contributed by atoms with Gasteiger partial charge in [-0.3, -0.25) is 9.59 Å². The third-order valence-corrected chi connectivity index (χ3v) is 7.05. The number of hydrogen-bond donors (Lipinski definition) is 3. The fraction of sp³-hybridized carbons (Fsp3) is 0.690. The van der Waals surface area contributed by atoms with Crippen LogP contribution in [-0.4, -0.2) is 51.1 Å². The van der Waals surface area contributed by atoms with Crippen molar-refractivity contribution in [2.45, 2.75) is 123 Å². The number of benzene rings is 1. The van der Waals surface area contributed by atoms with E-state index in [-0.39, 0.29) is 23.6 Å². The molecule has 0 spiro atoms. The van der Waals surface area contributed by atoms with Crippen molar-refractivity contribution in [3.8, 4) is 5.75 Å². The number of alkyl carbamates (subject to hydrolysis) is 1. The monoisotopic (exact) mass is 517 g/mol. The number of nitrogens with one attached hydrogen (secondary N) is 2. The quantitative estimate of drug-likeness (QED) is 0.404. The number of amides is 3. The molecule has 1 aliphatic rings. The summed E-state index contributed by atoms with van der Waals surface area (Å²) in [4.78, 5) is 42.5. The maximum absolute atomic E-state index is 14.3. The Bertz CT molecular complexity index is 932. The number of carbonyl (C=O) groups is 3. The third-order valence-electron chi connectivity index (χ3n) is 7.05. The number of hydrogen-bond acceptors (Lipinski definition) is 5. The average Bonchev–Trinajstić information content (AvgIpc) is 2.80. The molecule has 0 aliphatic heterocycles. The molecule has 1 aliphatic carbocycles. The van der Waals surface area contributed by atoms with E-state index < -0.39 is 35.2 Å². The van der Waals surface area contributed by atoms with Crippen molar-refractivity contribution in [2.24, 2.45) is 5.92 Å². The molecule has 2 unspecified atom stereocenters. The second kappa shape index (κ2) is 12.7. The van der Waals surface area contributed by atoms with Crippen LogP contribution in [0.25, 0.3) is 0 Å². The van der Waals surface area contributed by atoms with E-state index >= 15 is 0 Å². The zero-order valence-electron chi connectivity index (χ0n) is 23.9. The lowest BCUT2D eigenvalue weighted by Crippen LogP contribution is -2.61. The molecule has 0 heterocycles. The van der Waals surface area contributed by atoms with Gasteiger partial charge in [0.2, 0.25) is 11.8 Å². The van der Waals surface area contributed by atoms with Crippen molar-refractivity contribution in [1.82, 2.24) is 15.5 Å². The van der Waals surface area contributed by atoms with E-state index in [1.165, 1.54) is 6.07 Å². The van der Waals surface area contributed by atoms with Crippen LogP contribution < -0.4 is 10.6 Å². The molecule has 3 amide bonds. The summed E-state index contributed by atoms with van der Waals surface area (Å²) in [5, 5.41) is 16.7. The van der Waals surface area contributed by atoms with Crippen molar-refractivity contribution in [1.29, 1.82) is 0 Å². The highest BCUT2D eigenvalue weighted by atomic mass is 16.6. The first kappa shape index (κ1) is 30.5. The minimum atomic E-state index is -1.08. The number of ether oxygens (including phenoxy) is 1. The van der Waals surface area contributed by atoms with Gasteiger partial charge in [0, 0.05) is 17.1 Å². The van der Waals surface area contributed by atoms with E-state index in [0.29, 0.717) is 12.0 Å². The number of para-hydroxylation sites is 1. The highest BCUT2D eigenvalue weighted by Crippen LogP contribution is 2.36. The van der Waals surface area contributed by atoms with Crippen LogP contribution in [0.15, 0.2) is 24.3 Å². The van der Waals surface area contributed by atoms with Gasteiger partial charge in [-0.2, -0.15) is 0 Å². The minimum absolute atomic E-state index is 0.0251. The first-order chi connectivity index (χ1) is 17.2. The average molecular weight is 518 g/mol. The number of phenols is 1. The van der Waals surface area contributed by atoms with Gasteiger partial charge in [0.05, 0.1) is 0 Å². The maximum atomic E-state index is 14.3. The smallest absolute Gasteiger partial charge is 0.408 e. The molecule has 37 heavy (non-hydrogen) atoms. The van der Waals surface area contributed by atoms with Gasteiger partial charge in [-0.05, 0) is 65.9 Å². The summed E-state index contributed by atoms with van der Waals surface area (Å²) >= 11 is 0. The summed E-state index contributed by atoms with van der Waals surface area (Å²) in [6.45, 7) is 14.7. The number of nitrogens with zero attached hydrogens (tertiary/aromatic N) is 1. The van der Waals surface area contributed by atoms with Crippen molar-refractivity contribution >= 4 is 17.9 Å². The van der Waals surface area contributed by atoms with E-state index in [0.717, 1.165) is 32.1 Å². The Morgan fingerprint density at radius 2 is 1.65 bits per heavy atom. The van der Waals surface area contributed by atoms with E-state index in [1.54, 1.807) is 43.9 Å². The Labute approximate surface area is 222 Å². The molecule has 2 atom stereocenters. The van der Waals surface area contributed by atoms with Crippen LogP contribution in [0.5, 0.6) is 5.75 Å². The van der Waals surface area contributed by atoms with Gasteiger partial charge in [-0.25, -0.2) is 4.79 Å². The fourth-order valence-electron chi connectivity index (χ4n) is 4.69. The van der Waals surface area contributed by atoms with Crippen LogP contribution in [0.1, 0.15) is 106 Å². The number of phenolic OH excluding ortho intramolecular Hbond substituents is 1. The van der Waals surface area contributed by atoms with Crippen molar-refractivity contribution in [3.63, 3.8) is 0 Å². The zero-order chi connectivity index (χ0) is 28.0. The van der Waals surface area contributed by atoms with E-state index in [1.807, 2.05) is 34.6 Å². The van der Waals surface area contributed by atoms with E-state index in [2.05, 4.69) is 10.6 Å². The molecule has 1 aromatic rings. The molecule has 8 nitrogen and oxygen atoms in total. The van der Waals surface area contributed by atoms with Gasteiger partial charge >= 0.3 is 6.09 Å². The SMILES string of the molecule is CCC(C)(C)N(C(=O)C(NC(=O)OC(C)(C)C)C(C)C)C(C(=O)NC1CCCCC1)c1ccccc1O. The first-order valence-corrected chi connectivity index (χ1v) is 13.6. The summed E-state index contributed by atoms with van der Waals surface area (Å²) in [7, 11) is 0. The summed E-state index contributed by atoms with van der Waals surface area (Å²) in [6.07, 6.45) is 4.87. The van der Waals surface area contributed by atoms with E-state index in [9.17, 15) is 19.5 Å². The van der Waals surface area contributed by atoms with Crippen LogP contribution in [-0.2, 0) is 14.3 Å². The van der Waals surface area contributed by atoms with Crippen molar-refractivity contribution < 1.29 is 24.2 Å². The van der Waals surface area contributed by atoms with E-state index in [4.69, 9.17) is 4.74 Å². The molecule has 208 valence electrons. The Morgan fingerprint density at radius 3 is 2.16 bits per heavy atom. The molecule has 8 heteroatoms. The lowest BCUT2D eigenvalue weighted by molar-refractivity contribution is -0.150. The second-order valence-electron chi connectivity index (χ2n) is 12.0. The Hall–Kier alpha value is -2.77. The minimum Gasteiger partial charge on any atom is -0.508 e. The van der Waals surface area contributed by atoms with Gasteiger partial charge in [0.1, 0.15) is 23.4 Å². The van der Waals surface area contributed by atoms with Gasteiger partial charge in [-0.15, -0.1) is 0 Å².